The highest BCUT2D eigenvalue weighted by Crippen LogP contribution is 2.19. The van der Waals surface area contributed by atoms with Gasteiger partial charge in [0.1, 0.15) is 6.04 Å². The molecule has 1 unspecified atom stereocenters. The number of nitrogens with one attached hydrogen (secondary N) is 2. The average molecular weight is 370 g/mol. The summed E-state index contributed by atoms with van der Waals surface area (Å²) in [6.07, 6.45) is 4.56. The van der Waals surface area contributed by atoms with E-state index in [1.54, 1.807) is 4.90 Å². The molecule has 0 aromatic rings. The van der Waals surface area contributed by atoms with Crippen molar-refractivity contribution in [1.82, 2.24) is 15.5 Å². The zero-order valence-corrected chi connectivity index (χ0v) is 16.7. The van der Waals surface area contributed by atoms with Gasteiger partial charge in [0.05, 0.1) is 7.11 Å². The minimum atomic E-state index is -0.592. The number of hydrogen-bond acceptors (Lipinski definition) is 4. The molecule has 2 N–H and O–H groups in total. The highest BCUT2D eigenvalue weighted by Gasteiger charge is 2.31. The van der Waals surface area contributed by atoms with E-state index in [2.05, 4.69) is 22.3 Å². The van der Waals surface area contributed by atoms with Crippen LogP contribution >= 0.6 is 0 Å². The molecular weight excluding hydrogens is 334 g/mol. The molecule has 1 aliphatic heterocycles. The molecule has 1 aliphatic rings. The van der Waals surface area contributed by atoms with Crippen LogP contribution in [0, 0.1) is 11.8 Å². The molecule has 0 spiro atoms. The van der Waals surface area contributed by atoms with Crippen LogP contribution in [0.1, 0.15) is 59.3 Å². The Hall–Kier alpha value is -1.79. The zero-order valence-electron chi connectivity index (χ0n) is 16.7. The van der Waals surface area contributed by atoms with Gasteiger partial charge in [-0.2, -0.15) is 0 Å². The number of nitrogens with zero attached hydrogens (tertiary/aromatic N) is 1. The Morgan fingerprint density at radius 1 is 1.15 bits per heavy atom. The molecule has 26 heavy (non-hydrogen) atoms. The second kappa shape index (κ2) is 11.8. The second-order valence-electron chi connectivity index (χ2n) is 7.42. The summed E-state index contributed by atoms with van der Waals surface area (Å²) in [5, 5.41) is 5.64. The van der Waals surface area contributed by atoms with E-state index in [9.17, 15) is 14.4 Å². The van der Waals surface area contributed by atoms with Gasteiger partial charge in [-0.15, -0.1) is 0 Å². The highest BCUT2D eigenvalue weighted by molar-refractivity contribution is 5.86. The van der Waals surface area contributed by atoms with Crippen molar-refractivity contribution < 1.29 is 19.1 Å². The first-order valence-corrected chi connectivity index (χ1v) is 9.80. The van der Waals surface area contributed by atoms with E-state index in [0.717, 1.165) is 25.8 Å². The predicted octanol–water partition coefficient (Wildman–Crippen LogP) is 2.30. The van der Waals surface area contributed by atoms with E-state index in [1.807, 2.05) is 13.8 Å². The smallest absolute Gasteiger partial charge is 0.407 e. The Kier molecular flexibility index (Phi) is 10.1. The van der Waals surface area contributed by atoms with Gasteiger partial charge in [-0.05, 0) is 31.6 Å². The molecule has 7 nitrogen and oxygen atoms in total. The summed E-state index contributed by atoms with van der Waals surface area (Å²) in [6.45, 7) is 7.97. The average Bonchev–Trinajstić information content (AvgIpc) is 2.63. The lowest BCUT2D eigenvalue weighted by atomic mass is 9.94. The van der Waals surface area contributed by atoms with Crippen molar-refractivity contribution >= 4 is 17.9 Å². The summed E-state index contributed by atoms with van der Waals surface area (Å²) >= 11 is 0. The lowest BCUT2D eigenvalue weighted by molar-refractivity contribution is -0.137. The number of methoxy groups -OCH3 is 1. The number of carbonyl (C=O) groups excluding carboxylic acids is 3. The van der Waals surface area contributed by atoms with Crippen LogP contribution in [0.25, 0.3) is 0 Å². The quantitative estimate of drug-likeness (QED) is 0.611. The van der Waals surface area contributed by atoms with Crippen LogP contribution in [0.4, 0.5) is 4.79 Å². The first-order chi connectivity index (χ1) is 12.4. The van der Waals surface area contributed by atoms with Gasteiger partial charge in [0.15, 0.2) is 0 Å². The number of likely N-dealkylation sites (tertiary alicyclic amines) is 1. The first kappa shape index (κ1) is 22.3. The molecule has 1 heterocycles. The molecule has 0 saturated carbocycles. The number of alkyl carbamates (subject to hydrolysis) is 1. The molecule has 0 aromatic carbocycles. The van der Waals surface area contributed by atoms with Crippen molar-refractivity contribution in [3.63, 3.8) is 0 Å². The number of unbranched alkanes of at least 4 members (excludes halogenated alkanes) is 2. The number of piperidine rings is 1. The lowest BCUT2D eigenvalue weighted by Crippen LogP contribution is -2.52. The molecule has 0 aromatic heterocycles. The number of rotatable bonds is 9. The van der Waals surface area contributed by atoms with Crippen LogP contribution in [0.3, 0.4) is 0 Å². The van der Waals surface area contributed by atoms with Gasteiger partial charge in [-0.25, -0.2) is 4.79 Å². The maximum absolute atomic E-state index is 12.8. The van der Waals surface area contributed by atoms with E-state index >= 15 is 0 Å². The Bertz CT molecular complexity index is 460. The summed E-state index contributed by atoms with van der Waals surface area (Å²) in [6, 6.07) is -0.582. The minimum absolute atomic E-state index is 0.0298. The van der Waals surface area contributed by atoms with Gasteiger partial charge in [0.2, 0.25) is 11.8 Å². The van der Waals surface area contributed by atoms with E-state index in [4.69, 9.17) is 0 Å². The Balaban J connectivity index is 2.49. The topological polar surface area (TPSA) is 87.7 Å². The fraction of sp³-hybridized carbons (Fsp3) is 0.842. The van der Waals surface area contributed by atoms with Gasteiger partial charge >= 0.3 is 6.09 Å². The largest absolute Gasteiger partial charge is 0.453 e. The SMILES string of the molecule is CCCCCNC(=O)C1CCN(C(=O)C(CC(C)C)NC(=O)OC)CC1. The maximum atomic E-state index is 12.8. The van der Waals surface area contributed by atoms with Crippen LogP contribution in [0.2, 0.25) is 0 Å². The predicted molar refractivity (Wildman–Crippen MR) is 101 cm³/mol. The third kappa shape index (κ3) is 7.62. The van der Waals surface area contributed by atoms with Gasteiger partial charge < -0.3 is 20.3 Å². The molecule has 3 amide bonds. The summed E-state index contributed by atoms with van der Waals surface area (Å²) in [5.41, 5.74) is 0. The third-order valence-corrected chi connectivity index (χ3v) is 4.74. The normalized spacial score (nSPS) is 16.3. The first-order valence-electron chi connectivity index (χ1n) is 9.80. The zero-order chi connectivity index (χ0) is 19.5. The molecular formula is C19H35N3O4. The van der Waals surface area contributed by atoms with Crippen LogP contribution in [0.5, 0.6) is 0 Å². The summed E-state index contributed by atoms with van der Waals surface area (Å²) in [4.78, 5) is 38.3. The lowest BCUT2D eigenvalue weighted by Gasteiger charge is -2.34. The monoisotopic (exact) mass is 369 g/mol. The third-order valence-electron chi connectivity index (χ3n) is 4.74. The Morgan fingerprint density at radius 3 is 2.35 bits per heavy atom. The van der Waals surface area contributed by atoms with E-state index in [0.29, 0.717) is 32.4 Å². The molecule has 1 rings (SSSR count). The molecule has 1 atom stereocenters. The fourth-order valence-electron chi connectivity index (χ4n) is 3.21. The van der Waals surface area contributed by atoms with E-state index in [-0.39, 0.29) is 23.7 Å². The number of carbonyl (C=O) groups is 3. The maximum Gasteiger partial charge on any atom is 0.407 e. The van der Waals surface area contributed by atoms with Gasteiger partial charge in [-0.3, -0.25) is 9.59 Å². The number of hydrogen-bond donors (Lipinski definition) is 2. The minimum Gasteiger partial charge on any atom is -0.453 e. The molecule has 150 valence electrons. The van der Waals surface area contributed by atoms with Crippen LogP contribution in [0.15, 0.2) is 0 Å². The Morgan fingerprint density at radius 2 is 1.81 bits per heavy atom. The number of ether oxygens (including phenoxy) is 1. The van der Waals surface area contributed by atoms with Crippen molar-refractivity contribution in [2.45, 2.75) is 65.3 Å². The van der Waals surface area contributed by atoms with Gasteiger partial charge in [0.25, 0.3) is 0 Å². The van der Waals surface area contributed by atoms with Crippen LogP contribution in [-0.4, -0.2) is 55.6 Å². The van der Waals surface area contributed by atoms with E-state index < -0.39 is 12.1 Å². The summed E-state index contributed by atoms with van der Waals surface area (Å²) in [7, 11) is 1.29. The molecule has 0 aliphatic carbocycles. The van der Waals surface area contributed by atoms with Crippen molar-refractivity contribution in [3.05, 3.63) is 0 Å². The van der Waals surface area contributed by atoms with Crippen molar-refractivity contribution in [2.24, 2.45) is 11.8 Å². The fourth-order valence-corrected chi connectivity index (χ4v) is 3.21. The second-order valence-corrected chi connectivity index (χ2v) is 7.42. The number of amides is 3. The molecule has 1 fully saturated rings. The van der Waals surface area contributed by atoms with Gasteiger partial charge in [0, 0.05) is 25.6 Å². The van der Waals surface area contributed by atoms with Crippen molar-refractivity contribution in [1.29, 1.82) is 0 Å². The summed E-state index contributed by atoms with van der Waals surface area (Å²) in [5.74, 6) is 0.246. The Labute approximate surface area is 157 Å². The molecule has 0 bridgehead atoms. The molecule has 7 heteroatoms. The van der Waals surface area contributed by atoms with Crippen LogP contribution in [-0.2, 0) is 14.3 Å². The van der Waals surface area contributed by atoms with E-state index in [1.165, 1.54) is 7.11 Å². The van der Waals surface area contributed by atoms with Crippen molar-refractivity contribution in [3.8, 4) is 0 Å². The highest BCUT2D eigenvalue weighted by atomic mass is 16.5. The van der Waals surface area contributed by atoms with Gasteiger partial charge in [-0.1, -0.05) is 33.6 Å². The standard InChI is InChI=1S/C19H35N3O4/c1-5-6-7-10-20-17(23)15-8-11-22(12-9-15)18(24)16(13-14(2)3)21-19(25)26-4/h14-16H,5-13H2,1-4H3,(H,20,23)(H,21,25). The summed E-state index contributed by atoms with van der Waals surface area (Å²) < 4.78 is 4.63. The molecule has 0 radical (unpaired) electrons. The van der Waals surface area contributed by atoms with Crippen LogP contribution < -0.4 is 10.6 Å². The molecule has 1 saturated heterocycles. The van der Waals surface area contributed by atoms with Crippen molar-refractivity contribution in [2.75, 3.05) is 26.7 Å².